The van der Waals surface area contributed by atoms with Gasteiger partial charge in [0.15, 0.2) is 0 Å². The molecular weight excluding hydrogens is 284 g/mol. The molecule has 2 heterocycles. The zero-order valence-electron chi connectivity index (χ0n) is 13.0. The van der Waals surface area contributed by atoms with Gasteiger partial charge in [-0.3, -0.25) is 4.90 Å². The van der Waals surface area contributed by atoms with Gasteiger partial charge in [0.1, 0.15) is 12.4 Å². The van der Waals surface area contributed by atoms with E-state index < -0.39 is 0 Å². The quantitative estimate of drug-likeness (QED) is 0.905. The Morgan fingerprint density at radius 3 is 2.62 bits per heavy atom. The second-order valence-corrected chi connectivity index (χ2v) is 6.41. The number of fused-ring (bicyclic) bond motifs is 2. The number of nitrogens with zero attached hydrogens (tertiary/aromatic N) is 1. The lowest BCUT2D eigenvalue weighted by Crippen LogP contribution is -2.47. The third-order valence-corrected chi connectivity index (χ3v) is 4.77. The highest BCUT2D eigenvalue weighted by Crippen LogP contribution is 2.29. The third kappa shape index (κ3) is 4.35. The largest absolute Gasteiger partial charge is 0.492 e. The van der Waals surface area contributed by atoms with Crippen LogP contribution in [0.2, 0.25) is 0 Å². The zero-order valence-corrected chi connectivity index (χ0v) is 13.9. The summed E-state index contributed by atoms with van der Waals surface area (Å²) in [6.07, 6.45) is 5.35. The summed E-state index contributed by atoms with van der Waals surface area (Å²) in [6.45, 7) is 3.89. The van der Waals surface area contributed by atoms with Crippen molar-refractivity contribution in [3.05, 3.63) is 29.8 Å². The SMILES string of the molecule is Cc1cccc(OCCN(C)C2CC3CCC(C2)N3)c1.Cl. The Labute approximate surface area is 134 Å². The number of rotatable bonds is 5. The molecule has 2 atom stereocenters. The molecule has 21 heavy (non-hydrogen) atoms. The lowest BCUT2D eigenvalue weighted by molar-refractivity contribution is 0.147. The molecule has 2 unspecified atom stereocenters. The Bertz CT molecular complexity index is 442. The number of likely N-dealkylation sites (N-methyl/N-ethyl adjacent to an activating group) is 1. The maximum absolute atomic E-state index is 5.86. The average molecular weight is 311 g/mol. The Morgan fingerprint density at radius 2 is 1.95 bits per heavy atom. The predicted molar refractivity (Wildman–Crippen MR) is 89.5 cm³/mol. The fourth-order valence-electron chi connectivity index (χ4n) is 3.58. The van der Waals surface area contributed by atoms with Crippen molar-refractivity contribution in [2.24, 2.45) is 0 Å². The van der Waals surface area contributed by atoms with Crippen molar-refractivity contribution in [3.63, 3.8) is 0 Å². The van der Waals surface area contributed by atoms with Gasteiger partial charge in [-0.1, -0.05) is 12.1 Å². The second-order valence-electron chi connectivity index (χ2n) is 6.41. The maximum Gasteiger partial charge on any atom is 0.119 e. The molecule has 1 aromatic carbocycles. The highest BCUT2D eigenvalue weighted by molar-refractivity contribution is 5.85. The molecule has 3 nitrogen and oxygen atoms in total. The third-order valence-electron chi connectivity index (χ3n) is 4.77. The predicted octanol–water partition coefficient (Wildman–Crippen LogP) is 3.01. The van der Waals surface area contributed by atoms with Crippen LogP contribution >= 0.6 is 12.4 Å². The van der Waals surface area contributed by atoms with Crippen LogP contribution in [0.3, 0.4) is 0 Å². The summed E-state index contributed by atoms with van der Waals surface area (Å²) in [6, 6.07) is 10.6. The summed E-state index contributed by atoms with van der Waals surface area (Å²) in [5.41, 5.74) is 1.26. The monoisotopic (exact) mass is 310 g/mol. The van der Waals surface area contributed by atoms with E-state index in [1.54, 1.807) is 0 Å². The van der Waals surface area contributed by atoms with Crippen LogP contribution in [0.1, 0.15) is 31.2 Å². The first-order valence-corrected chi connectivity index (χ1v) is 7.86. The van der Waals surface area contributed by atoms with E-state index in [9.17, 15) is 0 Å². The number of nitrogens with one attached hydrogen (secondary N) is 1. The molecule has 0 radical (unpaired) electrons. The Balaban J connectivity index is 0.00000161. The normalized spacial score (nSPS) is 27.5. The van der Waals surface area contributed by atoms with E-state index in [-0.39, 0.29) is 12.4 Å². The fourth-order valence-corrected chi connectivity index (χ4v) is 3.58. The molecule has 0 aromatic heterocycles. The molecule has 0 spiro atoms. The summed E-state index contributed by atoms with van der Waals surface area (Å²) < 4.78 is 5.86. The summed E-state index contributed by atoms with van der Waals surface area (Å²) in [4.78, 5) is 2.49. The van der Waals surface area contributed by atoms with Crippen molar-refractivity contribution in [3.8, 4) is 5.75 Å². The van der Waals surface area contributed by atoms with E-state index in [0.717, 1.165) is 37.0 Å². The number of piperidine rings is 1. The fraction of sp³-hybridized carbons (Fsp3) is 0.647. The average Bonchev–Trinajstić information content (AvgIpc) is 2.77. The van der Waals surface area contributed by atoms with Gasteiger partial charge in [0.25, 0.3) is 0 Å². The van der Waals surface area contributed by atoms with Gasteiger partial charge < -0.3 is 10.1 Å². The Hall–Kier alpha value is -0.770. The van der Waals surface area contributed by atoms with Gasteiger partial charge in [-0.2, -0.15) is 0 Å². The summed E-state index contributed by atoms with van der Waals surface area (Å²) in [7, 11) is 2.25. The van der Waals surface area contributed by atoms with Crippen molar-refractivity contribution in [2.45, 2.75) is 50.7 Å². The van der Waals surface area contributed by atoms with Gasteiger partial charge in [-0.05, 0) is 57.4 Å². The molecule has 3 rings (SSSR count). The molecule has 0 amide bonds. The number of aryl methyl sites for hydroxylation is 1. The number of ether oxygens (including phenoxy) is 1. The van der Waals surface area contributed by atoms with Gasteiger partial charge in [-0.15, -0.1) is 12.4 Å². The van der Waals surface area contributed by atoms with Crippen LogP contribution in [0, 0.1) is 6.92 Å². The van der Waals surface area contributed by atoms with Gasteiger partial charge in [0.2, 0.25) is 0 Å². The van der Waals surface area contributed by atoms with Crippen LogP contribution in [0.15, 0.2) is 24.3 Å². The van der Waals surface area contributed by atoms with Crippen molar-refractivity contribution in [1.82, 2.24) is 10.2 Å². The van der Waals surface area contributed by atoms with E-state index in [1.807, 2.05) is 6.07 Å². The van der Waals surface area contributed by atoms with E-state index in [2.05, 4.69) is 42.4 Å². The van der Waals surface area contributed by atoms with Crippen molar-refractivity contribution in [1.29, 1.82) is 0 Å². The van der Waals surface area contributed by atoms with Gasteiger partial charge in [0.05, 0.1) is 0 Å². The minimum atomic E-state index is 0. The van der Waals surface area contributed by atoms with Gasteiger partial charge in [-0.25, -0.2) is 0 Å². The van der Waals surface area contributed by atoms with Crippen LogP contribution in [-0.2, 0) is 0 Å². The molecule has 2 aliphatic heterocycles. The van der Waals surface area contributed by atoms with Gasteiger partial charge in [0, 0.05) is 24.7 Å². The molecule has 2 bridgehead atoms. The van der Waals surface area contributed by atoms with Crippen molar-refractivity contribution in [2.75, 3.05) is 20.2 Å². The number of hydrogen-bond acceptors (Lipinski definition) is 3. The Kier molecular flexibility index (Phi) is 5.91. The highest BCUT2D eigenvalue weighted by Gasteiger charge is 2.34. The molecule has 1 aromatic rings. The van der Waals surface area contributed by atoms with Crippen LogP contribution in [0.25, 0.3) is 0 Å². The Morgan fingerprint density at radius 1 is 1.24 bits per heavy atom. The van der Waals surface area contributed by atoms with E-state index >= 15 is 0 Å². The minimum absolute atomic E-state index is 0. The maximum atomic E-state index is 5.86. The molecule has 0 saturated carbocycles. The lowest BCUT2D eigenvalue weighted by atomic mass is 9.99. The molecule has 2 saturated heterocycles. The molecular formula is C17H27ClN2O. The van der Waals surface area contributed by atoms with Crippen molar-refractivity contribution < 1.29 is 4.74 Å². The van der Waals surface area contributed by atoms with E-state index in [0.29, 0.717) is 0 Å². The number of benzene rings is 1. The van der Waals surface area contributed by atoms with E-state index in [4.69, 9.17) is 4.74 Å². The standard InChI is InChI=1S/C17H26N2O.ClH/c1-13-4-3-5-17(10-13)20-9-8-19(2)16-11-14-6-7-15(12-16)18-14;/h3-5,10,14-16,18H,6-9,11-12H2,1-2H3;1H. The molecule has 2 fully saturated rings. The zero-order chi connectivity index (χ0) is 13.9. The summed E-state index contributed by atoms with van der Waals surface area (Å²) in [5.74, 6) is 0.990. The van der Waals surface area contributed by atoms with Crippen LogP contribution < -0.4 is 10.1 Å². The number of hydrogen-bond donors (Lipinski definition) is 1. The second kappa shape index (κ2) is 7.48. The highest BCUT2D eigenvalue weighted by atomic mass is 35.5. The number of halogens is 1. The van der Waals surface area contributed by atoms with Gasteiger partial charge >= 0.3 is 0 Å². The van der Waals surface area contributed by atoms with Crippen molar-refractivity contribution >= 4 is 12.4 Å². The topological polar surface area (TPSA) is 24.5 Å². The molecule has 1 N–H and O–H groups in total. The smallest absolute Gasteiger partial charge is 0.119 e. The van der Waals surface area contributed by atoms with Crippen LogP contribution in [0.5, 0.6) is 5.75 Å². The molecule has 118 valence electrons. The first kappa shape index (κ1) is 16.6. The molecule has 4 heteroatoms. The minimum Gasteiger partial charge on any atom is -0.492 e. The molecule has 2 aliphatic rings. The van der Waals surface area contributed by atoms with Crippen LogP contribution in [-0.4, -0.2) is 43.2 Å². The summed E-state index contributed by atoms with van der Waals surface area (Å²) >= 11 is 0. The van der Waals surface area contributed by atoms with E-state index in [1.165, 1.54) is 31.2 Å². The van der Waals surface area contributed by atoms with Crippen LogP contribution in [0.4, 0.5) is 0 Å². The first-order valence-electron chi connectivity index (χ1n) is 7.86. The lowest BCUT2D eigenvalue weighted by Gasteiger charge is -2.35. The molecule has 0 aliphatic carbocycles. The summed E-state index contributed by atoms with van der Waals surface area (Å²) in [5, 5.41) is 3.71. The first-order chi connectivity index (χ1) is 9.70.